The molecule has 6 nitrogen and oxygen atoms in total. The monoisotopic (exact) mass is 389 g/mol. The second-order valence-electron chi connectivity index (χ2n) is 6.58. The van der Waals surface area contributed by atoms with Gasteiger partial charge < -0.3 is 4.40 Å². The third-order valence-corrected chi connectivity index (χ3v) is 4.79. The number of nitrogens with zero attached hydrogens (tertiary/aromatic N) is 5. The second kappa shape index (κ2) is 6.59. The zero-order valence-electron chi connectivity index (χ0n) is 15.0. The summed E-state index contributed by atoms with van der Waals surface area (Å²) < 4.78 is 32.5. The van der Waals surface area contributed by atoms with Gasteiger partial charge in [-0.15, -0.1) is 0 Å². The van der Waals surface area contributed by atoms with Crippen LogP contribution in [0, 0.1) is 11.6 Å². The van der Waals surface area contributed by atoms with Crippen molar-refractivity contribution in [3.05, 3.63) is 95.1 Å². The van der Waals surface area contributed by atoms with Gasteiger partial charge in [0, 0.05) is 30.4 Å². The number of aromatic nitrogens is 5. The lowest BCUT2D eigenvalue weighted by Crippen LogP contribution is -2.22. The summed E-state index contributed by atoms with van der Waals surface area (Å²) in [6, 6.07) is 9.24. The van der Waals surface area contributed by atoms with Gasteiger partial charge in [-0.05, 0) is 47.5 Å². The molecular weight excluding hydrogens is 376 g/mol. The molecule has 0 atom stereocenters. The van der Waals surface area contributed by atoms with Gasteiger partial charge in [-0.25, -0.2) is 23.7 Å². The molecular formula is C21H13F2N5O. The Morgan fingerprint density at radius 3 is 2.59 bits per heavy atom. The minimum absolute atomic E-state index is 0.204. The smallest absolute Gasteiger partial charge is 0.263 e. The molecule has 0 radical (unpaired) electrons. The average Bonchev–Trinajstić information content (AvgIpc) is 3.20. The maximum Gasteiger partial charge on any atom is 0.263 e. The van der Waals surface area contributed by atoms with Crippen molar-refractivity contribution in [3.8, 4) is 11.1 Å². The minimum Gasteiger partial charge on any atom is -0.306 e. The summed E-state index contributed by atoms with van der Waals surface area (Å²) in [5, 5.41) is 0.293. The molecule has 0 N–H and O–H groups in total. The molecule has 0 saturated carbocycles. The zero-order valence-corrected chi connectivity index (χ0v) is 15.0. The summed E-state index contributed by atoms with van der Waals surface area (Å²) in [6.45, 7) is -0.269. The number of hydrogen-bond acceptors (Lipinski definition) is 4. The van der Waals surface area contributed by atoms with Crippen LogP contribution in [0.5, 0.6) is 0 Å². The van der Waals surface area contributed by atoms with E-state index in [0.29, 0.717) is 22.2 Å². The number of halogens is 2. The molecule has 0 aliphatic carbocycles. The molecule has 142 valence electrons. The van der Waals surface area contributed by atoms with Crippen molar-refractivity contribution < 1.29 is 8.78 Å². The summed E-state index contributed by atoms with van der Waals surface area (Å²) >= 11 is 0. The van der Waals surface area contributed by atoms with E-state index in [9.17, 15) is 13.6 Å². The number of hydrogen-bond donors (Lipinski definition) is 0. The van der Waals surface area contributed by atoms with Crippen molar-refractivity contribution in [2.24, 2.45) is 0 Å². The van der Waals surface area contributed by atoms with E-state index in [0.717, 1.165) is 5.65 Å². The highest BCUT2D eigenvalue weighted by molar-refractivity contribution is 5.72. The van der Waals surface area contributed by atoms with Gasteiger partial charge in [-0.2, -0.15) is 0 Å². The maximum atomic E-state index is 14.8. The predicted octanol–water partition coefficient (Wildman–Crippen LogP) is 3.43. The third kappa shape index (κ3) is 2.94. The molecule has 8 heteroatoms. The molecule has 5 rings (SSSR count). The third-order valence-electron chi connectivity index (χ3n) is 4.79. The van der Waals surface area contributed by atoms with Gasteiger partial charge in [0.25, 0.3) is 5.56 Å². The quantitative estimate of drug-likeness (QED) is 0.474. The summed E-state index contributed by atoms with van der Waals surface area (Å²) in [6.07, 6.45) is 7.93. The number of benzene rings is 1. The number of rotatable bonds is 3. The first-order chi connectivity index (χ1) is 14.1. The maximum absolute atomic E-state index is 14.8. The van der Waals surface area contributed by atoms with Crippen molar-refractivity contribution in [1.29, 1.82) is 0 Å². The topological polar surface area (TPSA) is 65.1 Å². The first-order valence-corrected chi connectivity index (χ1v) is 8.81. The molecule has 0 unspecified atom stereocenters. The van der Waals surface area contributed by atoms with Crippen molar-refractivity contribution in [2.75, 3.05) is 0 Å². The van der Waals surface area contributed by atoms with E-state index in [1.54, 1.807) is 47.3 Å². The first kappa shape index (κ1) is 17.2. The highest BCUT2D eigenvalue weighted by Crippen LogP contribution is 2.25. The van der Waals surface area contributed by atoms with E-state index < -0.39 is 17.2 Å². The van der Waals surface area contributed by atoms with Crippen molar-refractivity contribution in [2.45, 2.75) is 6.54 Å². The zero-order chi connectivity index (χ0) is 20.0. The van der Waals surface area contributed by atoms with Crippen LogP contribution in [0.4, 0.5) is 8.78 Å². The SMILES string of the molecule is O=c1c2cccnc2ncn1Cc1c(F)cc(-c2ccc3nccn3c2)cc1F. The standard InChI is InChI=1S/C21H13F2N5O/c22-17-8-14(13-3-4-19-24-6-7-27(19)10-13)9-18(23)16(17)11-28-12-26-20-15(21(28)29)2-1-5-25-20/h1-10,12H,11H2. The van der Waals surface area contributed by atoms with Crippen LogP contribution >= 0.6 is 0 Å². The summed E-state index contributed by atoms with van der Waals surface area (Å²) in [5.41, 5.74) is 1.47. The molecule has 0 bridgehead atoms. The second-order valence-corrected chi connectivity index (χ2v) is 6.58. The van der Waals surface area contributed by atoms with E-state index in [-0.39, 0.29) is 12.1 Å². The Balaban J connectivity index is 1.55. The van der Waals surface area contributed by atoms with Crippen LogP contribution in [-0.2, 0) is 6.54 Å². The highest BCUT2D eigenvalue weighted by Gasteiger charge is 2.15. The summed E-state index contributed by atoms with van der Waals surface area (Å²) in [4.78, 5) is 24.8. The molecule has 0 aliphatic heterocycles. The Bertz CT molecular complexity index is 1420. The number of pyridine rings is 2. The normalized spacial score (nSPS) is 11.4. The first-order valence-electron chi connectivity index (χ1n) is 8.81. The molecule has 0 aliphatic rings. The summed E-state index contributed by atoms with van der Waals surface area (Å²) in [7, 11) is 0. The lowest BCUT2D eigenvalue weighted by atomic mass is 10.0. The van der Waals surface area contributed by atoms with Crippen molar-refractivity contribution >= 4 is 16.7 Å². The van der Waals surface area contributed by atoms with Gasteiger partial charge in [0.15, 0.2) is 5.65 Å². The molecule has 5 aromatic rings. The molecule has 1 aromatic carbocycles. The molecule has 4 aromatic heterocycles. The summed E-state index contributed by atoms with van der Waals surface area (Å²) in [5.74, 6) is -1.46. The molecule has 0 fully saturated rings. The van der Waals surface area contributed by atoms with Gasteiger partial charge in [-0.3, -0.25) is 9.36 Å². The van der Waals surface area contributed by atoms with E-state index in [1.165, 1.54) is 29.2 Å². The van der Waals surface area contributed by atoms with Crippen molar-refractivity contribution in [1.82, 2.24) is 23.9 Å². The van der Waals surface area contributed by atoms with E-state index >= 15 is 0 Å². The fourth-order valence-electron chi connectivity index (χ4n) is 3.29. The fourth-order valence-corrected chi connectivity index (χ4v) is 3.29. The van der Waals surface area contributed by atoms with Crippen LogP contribution < -0.4 is 5.56 Å². The van der Waals surface area contributed by atoms with Gasteiger partial charge in [-0.1, -0.05) is 0 Å². The molecule has 4 heterocycles. The van der Waals surface area contributed by atoms with Crippen LogP contribution in [0.2, 0.25) is 0 Å². The van der Waals surface area contributed by atoms with Gasteiger partial charge in [0.1, 0.15) is 23.6 Å². The van der Waals surface area contributed by atoms with Crippen LogP contribution in [0.3, 0.4) is 0 Å². The lowest BCUT2D eigenvalue weighted by Gasteiger charge is -2.11. The van der Waals surface area contributed by atoms with Crippen LogP contribution in [0.25, 0.3) is 27.8 Å². The number of imidazole rings is 1. The fraction of sp³-hybridized carbons (Fsp3) is 0.0476. The van der Waals surface area contributed by atoms with Crippen LogP contribution in [-0.4, -0.2) is 23.9 Å². The predicted molar refractivity (Wildman–Crippen MR) is 103 cm³/mol. The Morgan fingerprint density at radius 2 is 1.76 bits per heavy atom. The Labute approximate surface area is 162 Å². The average molecular weight is 389 g/mol. The van der Waals surface area contributed by atoms with Gasteiger partial charge in [0.2, 0.25) is 0 Å². The van der Waals surface area contributed by atoms with E-state index in [1.807, 2.05) is 0 Å². The van der Waals surface area contributed by atoms with Crippen molar-refractivity contribution in [3.63, 3.8) is 0 Å². The van der Waals surface area contributed by atoms with Crippen LogP contribution in [0.15, 0.2) is 72.3 Å². The Hall–Kier alpha value is -3.94. The largest absolute Gasteiger partial charge is 0.306 e. The molecule has 29 heavy (non-hydrogen) atoms. The van der Waals surface area contributed by atoms with Gasteiger partial charge >= 0.3 is 0 Å². The molecule has 0 saturated heterocycles. The van der Waals surface area contributed by atoms with E-state index in [2.05, 4.69) is 15.0 Å². The molecule has 0 amide bonds. The minimum atomic E-state index is -0.732. The Kier molecular flexibility index (Phi) is 3.90. The van der Waals surface area contributed by atoms with E-state index in [4.69, 9.17) is 0 Å². The van der Waals surface area contributed by atoms with Crippen LogP contribution in [0.1, 0.15) is 5.56 Å². The van der Waals surface area contributed by atoms with Gasteiger partial charge in [0.05, 0.1) is 11.9 Å². The Morgan fingerprint density at radius 1 is 0.931 bits per heavy atom. The molecule has 0 spiro atoms. The number of fused-ring (bicyclic) bond motifs is 2. The highest BCUT2D eigenvalue weighted by atomic mass is 19.1. The lowest BCUT2D eigenvalue weighted by molar-refractivity contribution is 0.541.